The minimum atomic E-state index is -0.891. The highest BCUT2D eigenvalue weighted by Crippen LogP contribution is 2.33. The number of rotatable bonds is 2. The molecule has 112 valence electrons. The first-order valence-corrected chi connectivity index (χ1v) is 7.68. The Morgan fingerprint density at radius 2 is 2.09 bits per heavy atom. The van der Waals surface area contributed by atoms with Crippen LogP contribution in [0, 0.1) is 0 Å². The number of carbonyl (C=O) groups excluding carboxylic acids is 2. The minimum absolute atomic E-state index is 0.219. The molecular formula is C15H12ClN3O2S. The van der Waals surface area contributed by atoms with Crippen LogP contribution in [0.3, 0.4) is 0 Å². The van der Waals surface area contributed by atoms with Gasteiger partial charge in [0.15, 0.2) is 11.8 Å². The number of hydrogen-bond acceptors (Lipinski definition) is 5. The van der Waals surface area contributed by atoms with Crippen molar-refractivity contribution in [3.8, 4) is 0 Å². The molecule has 1 aliphatic heterocycles. The number of halogens is 1. The Kier molecular flexibility index (Phi) is 4.15. The molecule has 1 aromatic heterocycles. The summed E-state index contributed by atoms with van der Waals surface area (Å²) in [6.07, 6.45) is 1.44. The average Bonchev–Trinajstić information content (AvgIpc) is 2.49. The first kappa shape index (κ1) is 15.0. The Morgan fingerprint density at radius 3 is 2.82 bits per heavy atom. The van der Waals surface area contributed by atoms with Crippen LogP contribution in [0.4, 0.5) is 5.82 Å². The largest absolute Gasteiger partial charge is 0.309 e. The number of amides is 1. The average molecular weight is 334 g/mol. The lowest BCUT2D eigenvalue weighted by molar-refractivity contribution is -0.118. The van der Waals surface area contributed by atoms with Crippen LogP contribution in [0.15, 0.2) is 47.5 Å². The Bertz CT molecular complexity index is 736. The molecule has 0 fully saturated rings. The van der Waals surface area contributed by atoms with Crippen LogP contribution in [-0.2, 0) is 4.79 Å². The van der Waals surface area contributed by atoms with Gasteiger partial charge in [0.25, 0.3) is 5.91 Å². The molecule has 0 spiro atoms. The third kappa shape index (κ3) is 2.85. The number of Topliss-reactive ketones (excluding diaryl/α,β-unsaturated/α-hetero) is 1. The van der Waals surface area contributed by atoms with Crippen LogP contribution in [0.25, 0.3) is 0 Å². The van der Waals surface area contributed by atoms with Crippen molar-refractivity contribution in [3.05, 3.63) is 53.2 Å². The van der Waals surface area contributed by atoms with E-state index in [1.165, 1.54) is 18.1 Å². The van der Waals surface area contributed by atoms with Crippen molar-refractivity contribution in [2.75, 3.05) is 12.4 Å². The molecule has 3 rings (SSSR count). The van der Waals surface area contributed by atoms with Crippen LogP contribution >= 0.6 is 23.5 Å². The maximum absolute atomic E-state index is 12.6. The second kappa shape index (κ2) is 6.08. The molecule has 0 radical (unpaired) electrons. The predicted octanol–water partition coefficient (Wildman–Crippen LogP) is 2.88. The molecule has 5 nitrogen and oxygen atoms in total. The van der Waals surface area contributed by atoms with Gasteiger partial charge in [-0.2, -0.15) is 0 Å². The van der Waals surface area contributed by atoms with Gasteiger partial charge in [-0.25, -0.2) is 9.29 Å². The van der Waals surface area contributed by atoms with Gasteiger partial charge in [0.2, 0.25) is 0 Å². The normalized spacial score (nSPS) is 17.9. The molecule has 1 atom stereocenters. The first-order valence-electron chi connectivity index (χ1n) is 6.53. The summed E-state index contributed by atoms with van der Waals surface area (Å²) >= 11 is 7.13. The molecule has 1 amide bonds. The molecule has 7 heteroatoms. The van der Waals surface area contributed by atoms with Crippen LogP contribution < -0.4 is 5.32 Å². The zero-order valence-electron chi connectivity index (χ0n) is 11.6. The molecule has 0 bridgehead atoms. The Morgan fingerprint density at radius 1 is 1.32 bits per heavy atom. The molecule has 1 unspecified atom stereocenters. The fourth-order valence-electron chi connectivity index (χ4n) is 2.20. The van der Waals surface area contributed by atoms with Crippen molar-refractivity contribution in [2.24, 2.45) is 0 Å². The summed E-state index contributed by atoms with van der Waals surface area (Å²) in [5, 5.41) is 3.13. The zero-order chi connectivity index (χ0) is 15.7. The maximum atomic E-state index is 12.6. The number of carbonyl (C=O) groups is 2. The van der Waals surface area contributed by atoms with E-state index in [4.69, 9.17) is 11.6 Å². The van der Waals surface area contributed by atoms with Gasteiger partial charge in [-0.15, -0.1) is 0 Å². The van der Waals surface area contributed by atoms with E-state index in [1.54, 1.807) is 35.6 Å². The third-order valence-corrected chi connectivity index (χ3v) is 4.51. The smallest absolute Gasteiger partial charge is 0.251 e. The summed E-state index contributed by atoms with van der Waals surface area (Å²) < 4.78 is 1.65. The Labute approximate surface area is 136 Å². The van der Waals surface area contributed by atoms with Crippen molar-refractivity contribution in [2.45, 2.75) is 10.9 Å². The standard InChI is InChI=1S/C15H12ClN3O2S/c1-19-13(14(20)10-4-2-3-5-11(10)22-19)15(21)18-12-7-6-9(16)8-17-12/h2-8,13H,1H3,(H,17,18,21). The van der Waals surface area contributed by atoms with Gasteiger partial charge in [0.05, 0.1) is 5.02 Å². The summed E-state index contributed by atoms with van der Waals surface area (Å²) in [7, 11) is 1.72. The van der Waals surface area contributed by atoms with E-state index in [1.807, 2.05) is 12.1 Å². The number of ketones is 1. The molecule has 2 heterocycles. The fraction of sp³-hybridized carbons (Fsp3) is 0.133. The van der Waals surface area contributed by atoms with E-state index in [0.29, 0.717) is 16.4 Å². The lowest BCUT2D eigenvalue weighted by atomic mass is 10.0. The molecule has 0 saturated heterocycles. The highest BCUT2D eigenvalue weighted by Gasteiger charge is 2.37. The van der Waals surface area contributed by atoms with Gasteiger partial charge in [0.1, 0.15) is 5.82 Å². The van der Waals surface area contributed by atoms with Gasteiger partial charge in [0, 0.05) is 16.7 Å². The molecule has 0 aliphatic carbocycles. The number of benzene rings is 1. The minimum Gasteiger partial charge on any atom is -0.309 e. The molecule has 1 N–H and O–H groups in total. The van der Waals surface area contributed by atoms with E-state index in [2.05, 4.69) is 10.3 Å². The van der Waals surface area contributed by atoms with Crippen molar-refractivity contribution in [1.29, 1.82) is 0 Å². The SMILES string of the molecule is CN1Sc2ccccc2C(=O)C1C(=O)Nc1ccc(Cl)cn1. The molecular weight excluding hydrogens is 322 g/mol. The number of nitrogens with zero attached hydrogens (tertiary/aromatic N) is 2. The van der Waals surface area contributed by atoms with Gasteiger partial charge in [-0.05, 0) is 37.2 Å². The van der Waals surface area contributed by atoms with E-state index in [0.717, 1.165) is 4.90 Å². The Balaban J connectivity index is 1.83. The Hall–Kier alpha value is -1.89. The predicted molar refractivity (Wildman–Crippen MR) is 86.1 cm³/mol. The number of pyridine rings is 1. The second-order valence-corrected chi connectivity index (χ2v) is 6.39. The lowest BCUT2D eigenvalue weighted by Crippen LogP contribution is -2.46. The zero-order valence-corrected chi connectivity index (χ0v) is 13.2. The van der Waals surface area contributed by atoms with Gasteiger partial charge in [-0.1, -0.05) is 29.8 Å². The van der Waals surface area contributed by atoms with Gasteiger partial charge < -0.3 is 5.32 Å². The van der Waals surface area contributed by atoms with Crippen LogP contribution in [0.2, 0.25) is 5.02 Å². The first-order chi connectivity index (χ1) is 10.6. The van der Waals surface area contributed by atoms with Crippen LogP contribution in [0.5, 0.6) is 0 Å². The van der Waals surface area contributed by atoms with Gasteiger partial charge >= 0.3 is 0 Å². The summed E-state index contributed by atoms with van der Waals surface area (Å²) in [5.74, 6) is -0.271. The summed E-state index contributed by atoms with van der Waals surface area (Å²) in [4.78, 5) is 29.8. The van der Waals surface area contributed by atoms with E-state index >= 15 is 0 Å². The third-order valence-electron chi connectivity index (χ3n) is 3.23. The number of likely N-dealkylation sites (N-methyl/N-ethyl adjacent to an activating group) is 1. The fourth-order valence-corrected chi connectivity index (χ4v) is 3.32. The number of anilines is 1. The lowest BCUT2D eigenvalue weighted by Gasteiger charge is -2.30. The number of nitrogens with one attached hydrogen (secondary N) is 1. The number of hydrogen-bond donors (Lipinski definition) is 1. The van der Waals surface area contributed by atoms with Crippen molar-refractivity contribution >= 4 is 41.1 Å². The van der Waals surface area contributed by atoms with Crippen molar-refractivity contribution in [3.63, 3.8) is 0 Å². The van der Waals surface area contributed by atoms with E-state index in [9.17, 15) is 9.59 Å². The quantitative estimate of drug-likeness (QED) is 0.676. The van der Waals surface area contributed by atoms with Crippen molar-refractivity contribution < 1.29 is 9.59 Å². The second-order valence-electron chi connectivity index (χ2n) is 4.75. The highest BCUT2D eigenvalue weighted by atomic mass is 35.5. The van der Waals surface area contributed by atoms with E-state index < -0.39 is 11.9 Å². The molecule has 1 aromatic carbocycles. The van der Waals surface area contributed by atoms with Crippen LogP contribution in [0.1, 0.15) is 10.4 Å². The summed E-state index contributed by atoms with van der Waals surface area (Å²) in [5.41, 5.74) is 0.565. The molecule has 0 saturated carbocycles. The van der Waals surface area contributed by atoms with Gasteiger partial charge in [-0.3, -0.25) is 9.59 Å². The van der Waals surface area contributed by atoms with Crippen molar-refractivity contribution in [1.82, 2.24) is 9.29 Å². The monoisotopic (exact) mass is 333 g/mol. The highest BCUT2D eigenvalue weighted by molar-refractivity contribution is 7.97. The summed E-state index contributed by atoms with van der Waals surface area (Å²) in [6, 6.07) is 9.58. The topological polar surface area (TPSA) is 62.3 Å². The summed E-state index contributed by atoms with van der Waals surface area (Å²) in [6.45, 7) is 0. The number of aromatic nitrogens is 1. The maximum Gasteiger partial charge on any atom is 0.251 e. The number of fused-ring (bicyclic) bond motifs is 1. The van der Waals surface area contributed by atoms with E-state index in [-0.39, 0.29) is 5.78 Å². The molecule has 2 aromatic rings. The molecule has 22 heavy (non-hydrogen) atoms. The molecule has 1 aliphatic rings. The van der Waals surface area contributed by atoms with Crippen LogP contribution in [-0.4, -0.2) is 34.1 Å².